The zero-order valence-corrected chi connectivity index (χ0v) is 13.8. The minimum atomic E-state index is 0.437. The van der Waals surface area contributed by atoms with Crippen LogP contribution in [0.25, 0.3) is 22.9 Å². The predicted octanol–water partition coefficient (Wildman–Crippen LogP) is 4.19. The number of hydrogen-bond donors (Lipinski definition) is 0. The summed E-state index contributed by atoms with van der Waals surface area (Å²) in [6, 6.07) is 8.45. The van der Waals surface area contributed by atoms with Crippen LogP contribution in [0.4, 0.5) is 0 Å². The van der Waals surface area contributed by atoms with Crippen LogP contribution in [0.3, 0.4) is 0 Å². The van der Waals surface area contributed by atoms with Crippen LogP contribution in [0.5, 0.6) is 5.75 Å². The summed E-state index contributed by atoms with van der Waals surface area (Å²) < 4.78 is 7.35. The molecule has 1 aliphatic rings. The molecule has 0 saturated heterocycles. The molecular formula is C17H18N4OS. The summed E-state index contributed by atoms with van der Waals surface area (Å²) in [4.78, 5) is 9.13. The Hall–Kier alpha value is -2.21. The lowest BCUT2D eigenvalue weighted by Crippen LogP contribution is -2.08. The molecule has 1 aromatic carbocycles. The van der Waals surface area contributed by atoms with Crippen LogP contribution in [0.2, 0.25) is 0 Å². The van der Waals surface area contributed by atoms with E-state index in [0.29, 0.717) is 11.9 Å². The van der Waals surface area contributed by atoms with Gasteiger partial charge in [0.25, 0.3) is 0 Å². The summed E-state index contributed by atoms with van der Waals surface area (Å²) >= 11 is 1.57. The SMILES string of the molecule is COc1ccc(-c2nc(-c3cscn3)nn2C2CCCC2)cc1. The number of nitrogens with zero attached hydrogens (tertiary/aromatic N) is 4. The molecule has 2 heterocycles. The summed E-state index contributed by atoms with van der Waals surface area (Å²) in [5, 5.41) is 6.76. The van der Waals surface area contributed by atoms with Crippen LogP contribution < -0.4 is 4.74 Å². The topological polar surface area (TPSA) is 52.8 Å². The van der Waals surface area contributed by atoms with Gasteiger partial charge in [0.15, 0.2) is 5.82 Å². The maximum absolute atomic E-state index is 5.25. The van der Waals surface area contributed by atoms with E-state index in [1.807, 2.05) is 35.2 Å². The molecule has 0 bridgehead atoms. The van der Waals surface area contributed by atoms with Crippen molar-refractivity contribution in [1.29, 1.82) is 0 Å². The second kappa shape index (κ2) is 6.12. The Kier molecular flexibility index (Phi) is 3.83. The zero-order chi connectivity index (χ0) is 15.6. The average Bonchev–Trinajstić information content (AvgIpc) is 3.34. The molecule has 0 spiro atoms. The lowest BCUT2D eigenvalue weighted by atomic mass is 10.2. The Morgan fingerprint density at radius 1 is 1.17 bits per heavy atom. The average molecular weight is 326 g/mol. The molecule has 3 aromatic rings. The normalized spacial score (nSPS) is 15.2. The quantitative estimate of drug-likeness (QED) is 0.721. The smallest absolute Gasteiger partial charge is 0.201 e. The third-order valence-corrected chi connectivity index (χ3v) is 4.90. The van der Waals surface area contributed by atoms with Crippen LogP contribution >= 0.6 is 11.3 Å². The fourth-order valence-electron chi connectivity index (χ4n) is 3.10. The predicted molar refractivity (Wildman–Crippen MR) is 90.6 cm³/mol. The first-order valence-electron chi connectivity index (χ1n) is 7.84. The molecule has 1 fully saturated rings. The molecule has 0 unspecified atom stereocenters. The molecule has 0 N–H and O–H groups in total. The number of methoxy groups -OCH3 is 1. The highest BCUT2D eigenvalue weighted by molar-refractivity contribution is 7.07. The van der Waals surface area contributed by atoms with Crippen LogP contribution in [0.15, 0.2) is 35.2 Å². The van der Waals surface area contributed by atoms with Crippen molar-refractivity contribution in [2.24, 2.45) is 0 Å². The van der Waals surface area contributed by atoms with Gasteiger partial charge in [0.1, 0.15) is 11.4 Å². The van der Waals surface area contributed by atoms with Crippen molar-refractivity contribution in [2.45, 2.75) is 31.7 Å². The van der Waals surface area contributed by atoms with Crippen molar-refractivity contribution in [3.8, 4) is 28.7 Å². The number of hydrogen-bond acceptors (Lipinski definition) is 5. The summed E-state index contributed by atoms with van der Waals surface area (Å²) in [6.07, 6.45) is 4.86. The molecule has 6 heteroatoms. The molecule has 1 saturated carbocycles. The van der Waals surface area contributed by atoms with Gasteiger partial charge in [-0.2, -0.15) is 0 Å². The van der Waals surface area contributed by atoms with Gasteiger partial charge in [0.05, 0.1) is 18.7 Å². The van der Waals surface area contributed by atoms with Crippen LogP contribution in [-0.2, 0) is 0 Å². The fourth-order valence-corrected chi connectivity index (χ4v) is 3.63. The first-order valence-corrected chi connectivity index (χ1v) is 8.79. The van der Waals surface area contributed by atoms with E-state index in [1.165, 1.54) is 25.7 Å². The van der Waals surface area contributed by atoms with Crippen LogP contribution in [-0.4, -0.2) is 26.9 Å². The van der Waals surface area contributed by atoms with E-state index in [0.717, 1.165) is 22.8 Å². The molecule has 0 aliphatic heterocycles. The molecule has 0 radical (unpaired) electrons. The van der Waals surface area contributed by atoms with E-state index in [-0.39, 0.29) is 0 Å². The van der Waals surface area contributed by atoms with E-state index >= 15 is 0 Å². The number of benzene rings is 1. The van der Waals surface area contributed by atoms with E-state index in [1.54, 1.807) is 18.4 Å². The van der Waals surface area contributed by atoms with E-state index in [2.05, 4.69) is 9.67 Å². The van der Waals surface area contributed by atoms with Crippen molar-refractivity contribution < 1.29 is 4.74 Å². The summed E-state index contributed by atoms with van der Waals surface area (Å²) in [5.41, 5.74) is 3.73. The Bertz CT molecular complexity index is 774. The first-order chi connectivity index (χ1) is 11.3. The highest BCUT2D eigenvalue weighted by atomic mass is 32.1. The second-order valence-electron chi connectivity index (χ2n) is 5.74. The lowest BCUT2D eigenvalue weighted by molar-refractivity contribution is 0.415. The number of ether oxygens (including phenoxy) is 1. The van der Waals surface area contributed by atoms with Crippen molar-refractivity contribution >= 4 is 11.3 Å². The standard InChI is InChI=1S/C17H18N4OS/c1-22-14-8-6-12(7-9-14)17-19-16(15-10-23-11-18-15)20-21(17)13-4-2-3-5-13/h6-11,13H,2-5H2,1H3. The Balaban J connectivity index is 1.79. The van der Waals surface area contributed by atoms with Gasteiger partial charge in [-0.3, -0.25) is 0 Å². The van der Waals surface area contributed by atoms with Crippen molar-refractivity contribution in [3.63, 3.8) is 0 Å². The van der Waals surface area contributed by atoms with Crippen molar-refractivity contribution in [2.75, 3.05) is 7.11 Å². The van der Waals surface area contributed by atoms with Gasteiger partial charge in [0, 0.05) is 10.9 Å². The minimum Gasteiger partial charge on any atom is -0.497 e. The Labute approximate surface area is 139 Å². The summed E-state index contributed by atoms with van der Waals surface area (Å²) in [6.45, 7) is 0. The van der Waals surface area contributed by atoms with E-state index in [4.69, 9.17) is 14.8 Å². The molecule has 4 rings (SSSR count). The fraction of sp³-hybridized carbons (Fsp3) is 0.353. The Morgan fingerprint density at radius 2 is 1.96 bits per heavy atom. The summed E-state index contributed by atoms with van der Waals surface area (Å²) in [7, 11) is 1.68. The number of rotatable bonds is 4. The van der Waals surface area contributed by atoms with Gasteiger partial charge in [-0.15, -0.1) is 16.4 Å². The van der Waals surface area contributed by atoms with Gasteiger partial charge < -0.3 is 4.74 Å². The highest BCUT2D eigenvalue weighted by Crippen LogP contribution is 2.34. The number of thiazole rings is 1. The van der Waals surface area contributed by atoms with Crippen molar-refractivity contribution in [1.82, 2.24) is 19.7 Å². The monoisotopic (exact) mass is 326 g/mol. The molecular weight excluding hydrogens is 308 g/mol. The minimum absolute atomic E-state index is 0.437. The van der Waals surface area contributed by atoms with E-state index in [9.17, 15) is 0 Å². The van der Waals surface area contributed by atoms with Gasteiger partial charge in [-0.25, -0.2) is 14.6 Å². The van der Waals surface area contributed by atoms with Crippen LogP contribution in [0.1, 0.15) is 31.7 Å². The highest BCUT2D eigenvalue weighted by Gasteiger charge is 2.24. The molecule has 1 aliphatic carbocycles. The van der Waals surface area contributed by atoms with Crippen molar-refractivity contribution in [3.05, 3.63) is 35.2 Å². The largest absolute Gasteiger partial charge is 0.497 e. The molecule has 23 heavy (non-hydrogen) atoms. The van der Waals surface area contributed by atoms with E-state index < -0.39 is 0 Å². The lowest BCUT2D eigenvalue weighted by Gasteiger charge is -2.12. The van der Waals surface area contributed by atoms with Crippen LogP contribution in [0, 0.1) is 0 Å². The summed E-state index contributed by atoms with van der Waals surface area (Å²) in [5.74, 6) is 2.48. The molecule has 2 aromatic heterocycles. The third-order valence-electron chi connectivity index (χ3n) is 4.31. The molecule has 5 nitrogen and oxygen atoms in total. The first kappa shape index (κ1) is 14.4. The third kappa shape index (κ3) is 2.74. The molecule has 0 atom stereocenters. The molecule has 0 amide bonds. The van der Waals surface area contributed by atoms with Gasteiger partial charge in [-0.05, 0) is 37.1 Å². The van der Waals surface area contributed by atoms with Gasteiger partial charge in [-0.1, -0.05) is 12.8 Å². The van der Waals surface area contributed by atoms with Gasteiger partial charge >= 0.3 is 0 Å². The Morgan fingerprint density at radius 3 is 2.61 bits per heavy atom. The van der Waals surface area contributed by atoms with Gasteiger partial charge in [0.2, 0.25) is 5.82 Å². The number of aromatic nitrogens is 4. The maximum Gasteiger partial charge on any atom is 0.201 e. The maximum atomic E-state index is 5.25. The second-order valence-corrected chi connectivity index (χ2v) is 6.46. The zero-order valence-electron chi connectivity index (χ0n) is 13.0. The molecule has 118 valence electrons.